The van der Waals surface area contributed by atoms with Gasteiger partial charge in [-0.05, 0) is 19.3 Å². The molecule has 2 unspecified atom stereocenters. The van der Waals surface area contributed by atoms with Gasteiger partial charge in [-0.2, -0.15) is 0 Å². The van der Waals surface area contributed by atoms with Gasteiger partial charge in [0, 0.05) is 6.42 Å². The Balaban J connectivity index is 3.76. The summed E-state index contributed by atoms with van der Waals surface area (Å²) in [4.78, 5) is 20.9. The van der Waals surface area contributed by atoms with Gasteiger partial charge in [0.05, 0.1) is 6.04 Å². The fraction of sp³-hybridized carbons (Fsp3) is 0.750. The molecule has 0 aromatic carbocycles. The van der Waals surface area contributed by atoms with Crippen molar-refractivity contribution in [1.29, 1.82) is 0 Å². The number of Topliss-reactive ketones (excluding diaryl/α,β-unsaturated/α-hetero) is 1. The van der Waals surface area contributed by atoms with E-state index < -0.39 is 12.0 Å². The standard InChI is InChI=1S/C8H15NO3/c1-5(4-8(11)12)3-7(9)6(2)10/h5,7H,3-4,9H2,1-2H3,(H,11,12). The molecule has 70 valence electrons. The largest absolute Gasteiger partial charge is 0.481 e. The summed E-state index contributed by atoms with van der Waals surface area (Å²) in [5.41, 5.74) is 5.45. The SMILES string of the molecule is CC(=O)C(N)CC(C)CC(=O)O. The number of ketones is 1. The molecule has 0 aromatic rings. The number of hydrogen-bond acceptors (Lipinski definition) is 3. The Morgan fingerprint density at radius 1 is 1.50 bits per heavy atom. The van der Waals surface area contributed by atoms with Crippen molar-refractivity contribution in [2.24, 2.45) is 11.7 Å². The van der Waals surface area contributed by atoms with Gasteiger partial charge in [0.15, 0.2) is 0 Å². The van der Waals surface area contributed by atoms with E-state index in [0.717, 1.165) is 0 Å². The molecule has 3 N–H and O–H groups in total. The predicted molar refractivity (Wildman–Crippen MR) is 44.7 cm³/mol. The van der Waals surface area contributed by atoms with Gasteiger partial charge in [-0.3, -0.25) is 9.59 Å². The van der Waals surface area contributed by atoms with E-state index in [1.54, 1.807) is 6.92 Å². The van der Waals surface area contributed by atoms with E-state index >= 15 is 0 Å². The zero-order chi connectivity index (χ0) is 9.72. The second-order valence-corrected chi connectivity index (χ2v) is 3.16. The van der Waals surface area contributed by atoms with E-state index in [4.69, 9.17) is 10.8 Å². The number of carboxylic acids is 1. The summed E-state index contributed by atoms with van der Waals surface area (Å²) < 4.78 is 0. The van der Waals surface area contributed by atoms with Crippen LogP contribution in [0.25, 0.3) is 0 Å². The molecular formula is C8H15NO3. The van der Waals surface area contributed by atoms with Crippen molar-refractivity contribution >= 4 is 11.8 Å². The number of carbonyl (C=O) groups is 2. The van der Waals surface area contributed by atoms with Crippen LogP contribution in [0.1, 0.15) is 26.7 Å². The van der Waals surface area contributed by atoms with Crippen LogP contribution >= 0.6 is 0 Å². The summed E-state index contributed by atoms with van der Waals surface area (Å²) in [7, 11) is 0. The second kappa shape index (κ2) is 4.87. The highest BCUT2D eigenvalue weighted by molar-refractivity contribution is 5.81. The average molecular weight is 173 g/mol. The van der Waals surface area contributed by atoms with Gasteiger partial charge in [0.1, 0.15) is 5.78 Å². The Labute approximate surface area is 71.8 Å². The van der Waals surface area contributed by atoms with Crippen molar-refractivity contribution in [3.8, 4) is 0 Å². The van der Waals surface area contributed by atoms with Crippen LogP contribution in [-0.4, -0.2) is 22.9 Å². The molecule has 0 aliphatic carbocycles. The summed E-state index contributed by atoms with van der Waals surface area (Å²) in [5, 5.41) is 8.41. The zero-order valence-corrected chi connectivity index (χ0v) is 7.41. The normalized spacial score (nSPS) is 15.2. The van der Waals surface area contributed by atoms with Gasteiger partial charge in [0.2, 0.25) is 0 Å². The van der Waals surface area contributed by atoms with E-state index in [1.807, 2.05) is 0 Å². The van der Waals surface area contributed by atoms with Crippen molar-refractivity contribution in [2.75, 3.05) is 0 Å². The molecule has 0 fully saturated rings. The lowest BCUT2D eigenvalue weighted by molar-refractivity contribution is -0.138. The maximum Gasteiger partial charge on any atom is 0.303 e. The van der Waals surface area contributed by atoms with Crippen molar-refractivity contribution in [2.45, 2.75) is 32.7 Å². The molecule has 0 aromatic heterocycles. The number of carbonyl (C=O) groups excluding carboxylic acids is 1. The van der Waals surface area contributed by atoms with Crippen molar-refractivity contribution < 1.29 is 14.7 Å². The molecule has 4 nitrogen and oxygen atoms in total. The molecule has 0 aliphatic rings. The van der Waals surface area contributed by atoms with Crippen LogP contribution in [0.4, 0.5) is 0 Å². The predicted octanol–water partition coefficient (Wildman–Crippen LogP) is 0.404. The average Bonchev–Trinajstić information content (AvgIpc) is 1.84. The van der Waals surface area contributed by atoms with Gasteiger partial charge in [-0.15, -0.1) is 0 Å². The van der Waals surface area contributed by atoms with Crippen molar-refractivity contribution in [1.82, 2.24) is 0 Å². The molecule has 0 radical (unpaired) electrons. The summed E-state index contributed by atoms with van der Waals surface area (Å²) in [6, 6.07) is -0.514. The third kappa shape index (κ3) is 4.85. The third-order valence-electron chi connectivity index (χ3n) is 1.70. The molecule has 0 saturated heterocycles. The van der Waals surface area contributed by atoms with Crippen LogP contribution in [0.5, 0.6) is 0 Å². The van der Waals surface area contributed by atoms with Crippen LogP contribution in [-0.2, 0) is 9.59 Å². The first-order valence-corrected chi connectivity index (χ1v) is 3.91. The summed E-state index contributed by atoms with van der Waals surface area (Å²) in [5.74, 6) is -0.980. The number of nitrogens with two attached hydrogens (primary N) is 1. The number of rotatable bonds is 5. The topological polar surface area (TPSA) is 80.4 Å². The molecule has 2 atom stereocenters. The summed E-state index contributed by atoms with van der Waals surface area (Å²) in [6.45, 7) is 3.19. The summed E-state index contributed by atoms with van der Waals surface area (Å²) in [6.07, 6.45) is 0.516. The maximum atomic E-state index is 10.7. The van der Waals surface area contributed by atoms with Crippen LogP contribution in [0.15, 0.2) is 0 Å². The van der Waals surface area contributed by atoms with Gasteiger partial charge in [0.25, 0.3) is 0 Å². The first kappa shape index (κ1) is 11.1. The van der Waals surface area contributed by atoms with Gasteiger partial charge >= 0.3 is 5.97 Å². The molecular weight excluding hydrogens is 158 g/mol. The Kier molecular flexibility index (Phi) is 4.51. The molecule has 12 heavy (non-hydrogen) atoms. The quantitative estimate of drug-likeness (QED) is 0.630. The van der Waals surface area contributed by atoms with E-state index in [-0.39, 0.29) is 18.1 Å². The minimum Gasteiger partial charge on any atom is -0.481 e. The minimum absolute atomic E-state index is 0.0404. The van der Waals surface area contributed by atoms with Gasteiger partial charge in [-0.1, -0.05) is 6.92 Å². The monoisotopic (exact) mass is 173 g/mol. The molecule has 0 rings (SSSR count). The lowest BCUT2D eigenvalue weighted by atomic mass is 9.97. The molecule has 0 amide bonds. The smallest absolute Gasteiger partial charge is 0.303 e. The van der Waals surface area contributed by atoms with Gasteiger partial charge in [-0.25, -0.2) is 0 Å². The molecule has 0 aliphatic heterocycles. The lowest BCUT2D eigenvalue weighted by Crippen LogP contribution is -2.30. The minimum atomic E-state index is -0.849. The maximum absolute atomic E-state index is 10.7. The van der Waals surface area contributed by atoms with Crippen LogP contribution in [0.3, 0.4) is 0 Å². The second-order valence-electron chi connectivity index (χ2n) is 3.16. The van der Waals surface area contributed by atoms with E-state index in [1.165, 1.54) is 6.92 Å². The fourth-order valence-electron chi connectivity index (χ4n) is 0.981. The Bertz CT molecular complexity index is 179. The van der Waals surface area contributed by atoms with Crippen molar-refractivity contribution in [3.05, 3.63) is 0 Å². The number of aliphatic carboxylic acids is 1. The van der Waals surface area contributed by atoms with Crippen LogP contribution in [0, 0.1) is 5.92 Å². The lowest BCUT2D eigenvalue weighted by Gasteiger charge is -2.12. The van der Waals surface area contributed by atoms with E-state index in [0.29, 0.717) is 6.42 Å². The zero-order valence-electron chi connectivity index (χ0n) is 7.41. The first-order chi connectivity index (χ1) is 5.43. The summed E-state index contributed by atoms with van der Waals surface area (Å²) >= 11 is 0. The highest BCUT2D eigenvalue weighted by atomic mass is 16.4. The Hall–Kier alpha value is -0.900. The molecule has 4 heteroatoms. The van der Waals surface area contributed by atoms with Crippen molar-refractivity contribution in [3.63, 3.8) is 0 Å². The Morgan fingerprint density at radius 2 is 2.00 bits per heavy atom. The number of carboxylic acid groups (broad SMARTS) is 1. The molecule has 0 spiro atoms. The fourth-order valence-corrected chi connectivity index (χ4v) is 0.981. The van der Waals surface area contributed by atoms with Gasteiger partial charge < -0.3 is 10.8 Å². The first-order valence-electron chi connectivity index (χ1n) is 3.91. The Morgan fingerprint density at radius 3 is 2.33 bits per heavy atom. The molecule has 0 saturated carbocycles. The highest BCUT2D eigenvalue weighted by Crippen LogP contribution is 2.09. The molecule has 0 bridgehead atoms. The van der Waals surface area contributed by atoms with E-state index in [9.17, 15) is 9.59 Å². The highest BCUT2D eigenvalue weighted by Gasteiger charge is 2.14. The third-order valence-corrected chi connectivity index (χ3v) is 1.70. The van der Waals surface area contributed by atoms with E-state index in [2.05, 4.69) is 0 Å². The van der Waals surface area contributed by atoms with Crippen LogP contribution in [0.2, 0.25) is 0 Å². The molecule has 0 heterocycles. The number of hydrogen-bond donors (Lipinski definition) is 2. The van der Waals surface area contributed by atoms with Crippen LogP contribution < -0.4 is 5.73 Å².